The van der Waals surface area contributed by atoms with Crippen molar-refractivity contribution in [1.29, 1.82) is 0 Å². The average Bonchev–Trinajstić information content (AvgIpc) is 2.61. The Bertz CT molecular complexity index is 917. The summed E-state index contributed by atoms with van der Waals surface area (Å²) in [5, 5.41) is 2.61. The number of amides is 1. The van der Waals surface area contributed by atoms with Gasteiger partial charge in [0.25, 0.3) is 0 Å². The van der Waals surface area contributed by atoms with E-state index in [4.69, 9.17) is 4.74 Å². The number of halogens is 2. The second-order valence-corrected chi connectivity index (χ2v) is 7.94. The lowest BCUT2D eigenvalue weighted by molar-refractivity contribution is -0.121. The predicted molar refractivity (Wildman–Crippen MR) is 95.7 cm³/mol. The fourth-order valence-corrected chi connectivity index (χ4v) is 3.52. The topological polar surface area (TPSA) is 75.7 Å². The van der Waals surface area contributed by atoms with Gasteiger partial charge in [-0.05, 0) is 48.9 Å². The third kappa shape index (κ3) is 5.01. The van der Waals surface area contributed by atoms with E-state index in [9.17, 15) is 22.0 Å². The predicted octanol–water partition coefficient (Wildman–Crippen LogP) is 2.47. The Labute approximate surface area is 156 Å². The molecule has 0 radical (unpaired) electrons. The largest absolute Gasteiger partial charge is 0.494 e. The van der Waals surface area contributed by atoms with Gasteiger partial charge in [-0.3, -0.25) is 4.79 Å². The molecular formula is C18H20F2N2O4S. The fourth-order valence-electron chi connectivity index (χ4n) is 2.40. The van der Waals surface area contributed by atoms with E-state index < -0.39 is 40.2 Å². The molecule has 2 rings (SSSR count). The van der Waals surface area contributed by atoms with Crippen LogP contribution >= 0.6 is 0 Å². The van der Waals surface area contributed by atoms with Crippen molar-refractivity contribution >= 4 is 15.9 Å². The Morgan fingerprint density at radius 2 is 1.81 bits per heavy atom. The highest BCUT2D eigenvalue weighted by Crippen LogP contribution is 2.22. The number of benzene rings is 2. The first kappa shape index (κ1) is 20.8. The molecule has 0 spiro atoms. The summed E-state index contributed by atoms with van der Waals surface area (Å²) in [7, 11) is -1.34. The van der Waals surface area contributed by atoms with Gasteiger partial charge in [0.1, 0.15) is 5.82 Å². The molecule has 0 unspecified atom stereocenters. The summed E-state index contributed by atoms with van der Waals surface area (Å²) >= 11 is 0. The monoisotopic (exact) mass is 398 g/mol. The van der Waals surface area contributed by atoms with E-state index in [0.29, 0.717) is 5.56 Å². The summed E-state index contributed by atoms with van der Waals surface area (Å²) < 4.78 is 57.3. The van der Waals surface area contributed by atoms with E-state index in [-0.39, 0.29) is 10.6 Å². The van der Waals surface area contributed by atoms with E-state index in [1.807, 2.05) is 0 Å². The molecule has 0 aliphatic rings. The number of likely N-dealkylation sites (N-methyl/N-ethyl adjacent to an activating group) is 1. The molecule has 0 aliphatic heterocycles. The number of ether oxygens (including phenoxy) is 1. The third-order valence-electron chi connectivity index (χ3n) is 3.94. The summed E-state index contributed by atoms with van der Waals surface area (Å²) in [6.07, 6.45) is 0. The van der Waals surface area contributed by atoms with Crippen molar-refractivity contribution in [3.05, 3.63) is 59.7 Å². The van der Waals surface area contributed by atoms with Crippen LogP contribution in [0.15, 0.2) is 47.4 Å². The Morgan fingerprint density at radius 1 is 1.19 bits per heavy atom. The van der Waals surface area contributed by atoms with E-state index >= 15 is 0 Å². The Hall–Kier alpha value is -2.52. The number of carbonyl (C=O) groups is 1. The molecule has 0 bridgehead atoms. The zero-order valence-electron chi connectivity index (χ0n) is 15.1. The van der Waals surface area contributed by atoms with Crippen LogP contribution in [0.4, 0.5) is 8.78 Å². The standard InChI is InChI=1S/C18H20F2N2O4S/c1-12(13-4-9-17(26-3)16(20)10-13)21-18(23)11-22(2)27(24,25)15-7-5-14(19)6-8-15/h4-10,12H,11H2,1-3H3,(H,21,23)/t12-/m1/s1. The second-order valence-electron chi connectivity index (χ2n) is 5.90. The zero-order chi connectivity index (χ0) is 20.2. The van der Waals surface area contributed by atoms with Crippen LogP contribution in [0.3, 0.4) is 0 Å². The van der Waals surface area contributed by atoms with Crippen molar-refractivity contribution in [2.75, 3.05) is 20.7 Å². The zero-order valence-corrected chi connectivity index (χ0v) is 15.9. The molecule has 0 saturated carbocycles. The molecule has 0 aromatic heterocycles. The molecular weight excluding hydrogens is 378 g/mol. The SMILES string of the molecule is COc1ccc([C@@H](C)NC(=O)CN(C)S(=O)(=O)c2ccc(F)cc2)cc1F. The van der Waals surface area contributed by atoms with Crippen LogP contribution in [-0.2, 0) is 14.8 Å². The number of nitrogens with one attached hydrogen (secondary N) is 1. The van der Waals surface area contributed by atoms with Gasteiger partial charge in [0, 0.05) is 7.05 Å². The van der Waals surface area contributed by atoms with Crippen LogP contribution in [-0.4, -0.2) is 39.3 Å². The van der Waals surface area contributed by atoms with Crippen LogP contribution in [0.1, 0.15) is 18.5 Å². The normalized spacial score (nSPS) is 12.7. The van der Waals surface area contributed by atoms with E-state index in [2.05, 4.69) is 5.32 Å². The smallest absolute Gasteiger partial charge is 0.243 e. The number of methoxy groups -OCH3 is 1. The summed E-state index contributed by atoms with van der Waals surface area (Å²) in [4.78, 5) is 12.1. The molecule has 1 N–H and O–H groups in total. The van der Waals surface area contributed by atoms with Gasteiger partial charge >= 0.3 is 0 Å². The first-order chi connectivity index (χ1) is 12.6. The van der Waals surface area contributed by atoms with Crippen molar-refractivity contribution in [2.24, 2.45) is 0 Å². The minimum atomic E-state index is -3.94. The second kappa shape index (κ2) is 8.45. The highest BCUT2D eigenvalue weighted by atomic mass is 32.2. The Balaban J connectivity index is 2.03. The number of hydrogen-bond donors (Lipinski definition) is 1. The van der Waals surface area contributed by atoms with Crippen LogP contribution in [0, 0.1) is 11.6 Å². The molecule has 0 heterocycles. The molecule has 1 amide bonds. The maximum atomic E-state index is 13.8. The van der Waals surface area contributed by atoms with Gasteiger partial charge in [0.05, 0.1) is 24.6 Å². The highest BCUT2D eigenvalue weighted by molar-refractivity contribution is 7.89. The van der Waals surface area contributed by atoms with Gasteiger partial charge in [-0.2, -0.15) is 4.31 Å². The van der Waals surface area contributed by atoms with Crippen molar-refractivity contribution < 1.29 is 26.7 Å². The lowest BCUT2D eigenvalue weighted by Crippen LogP contribution is -2.39. The molecule has 6 nitrogen and oxygen atoms in total. The van der Waals surface area contributed by atoms with E-state index in [1.54, 1.807) is 13.0 Å². The van der Waals surface area contributed by atoms with Crippen LogP contribution < -0.4 is 10.1 Å². The van der Waals surface area contributed by atoms with Gasteiger partial charge in [-0.25, -0.2) is 17.2 Å². The van der Waals surface area contributed by atoms with Gasteiger partial charge in [-0.1, -0.05) is 6.07 Å². The molecule has 27 heavy (non-hydrogen) atoms. The lowest BCUT2D eigenvalue weighted by atomic mass is 10.1. The fraction of sp³-hybridized carbons (Fsp3) is 0.278. The van der Waals surface area contributed by atoms with E-state index in [1.165, 1.54) is 26.3 Å². The molecule has 1 atom stereocenters. The van der Waals surface area contributed by atoms with Crippen LogP contribution in [0.2, 0.25) is 0 Å². The Kier molecular flexibility index (Phi) is 6.50. The maximum absolute atomic E-state index is 13.8. The molecule has 2 aromatic carbocycles. The summed E-state index contributed by atoms with van der Waals surface area (Å²) in [5.74, 6) is -1.60. The van der Waals surface area contributed by atoms with Gasteiger partial charge < -0.3 is 10.1 Å². The average molecular weight is 398 g/mol. The quantitative estimate of drug-likeness (QED) is 0.778. The van der Waals surface area contributed by atoms with Crippen molar-refractivity contribution in [3.63, 3.8) is 0 Å². The minimum Gasteiger partial charge on any atom is -0.494 e. The number of carbonyl (C=O) groups excluding carboxylic acids is 1. The van der Waals surface area contributed by atoms with Crippen LogP contribution in [0.25, 0.3) is 0 Å². The molecule has 0 saturated heterocycles. The summed E-state index contributed by atoms with van der Waals surface area (Å²) in [6, 6.07) is 8.05. The molecule has 0 fully saturated rings. The highest BCUT2D eigenvalue weighted by Gasteiger charge is 2.23. The van der Waals surface area contributed by atoms with Gasteiger partial charge in [0.15, 0.2) is 11.6 Å². The van der Waals surface area contributed by atoms with Crippen molar-refractivity contribution in [1.82, 2.24) is 9.62 Å². The molecule has 146 valence electrons. The van der Waals surface area contributed by atoms with Crippen LogP contribution in [0.5, 0.6) is 5.75 Å². The van der Waals surface area contributed by atoms with Gasteiger partial charge in [0.2, 0.25) is 15.9 Å². The Morgan fingerprint density at radius 3 is 2.37 bits per heavy atom. The maximum Gasteiger partial charge on any atom is 0.243 e. The lowest BCUT2D eigenvalue weighted by Gasteiger charge is -2.19. The van der Waals surface area contributed by atoms with E-state index in [0.717, 1.165) is 28.6 Å². The number of hydrogen-bond acceptors (Lipinski definition) is 4. The molecule has 2 aromatic rings. The third-order valence-corrected chi connectivity index (χ3v) is 5.76. The molecule has 9 heteroatoms. The van der Waals surface area contributed by atoms with Crippen molar-refractivity contribution in [2.45, 2.75) is 17.9 Å². The number of rotatable bonds is 7. The van der Waals surface area contributed by atoms with Crippen molar-refractivity contribution in [3.8, 4) is 5.75 Å². The first-order valence-electron chi connectivity index (χ1n) is 8.00. The van der Waals surface area contributed by atoms with Gasteiger partial charge in [-0.15, -0.1) is 0 Å². The molecule has 0 aliphatic carbocycles. The summed E-state index contributed by atoms with van der Waals surface area (Å²) in [5.41, 5.74) is 0.505. The number of nitrogens with zero attached hydrogens (tertiary/aromatic N) is 1. The first-order valence-corrected chi connectivity index (χ1v) is 9.44. The summed E-state index contributed by atoms with van der Waals surface area (Å²) in [6.45, 7) is 1.20. The minimum absolute atomic E-state index is 0.0856. The number of sulfonamides is 1.